The number of esters is 1. The molecule has 0 saturated carbocycles. The van der Waals surface area contributed by atoms with Gasteiger partial charge in [0.1, 0.15) is 22.1 Å². The summed E-state index contributed by atoms with van der Waals surface area (Å²) in [5, 5.41) is 5.05. The van der Waals surface area contributed by atoms with Gasteiger partial charge in [0.15, 0.2) is 6.61 Å². The number of ether oxygens (including phenoxy) is 3. The molecule has 1 N–H and O–H groups in total. The molecule has 0 aliphatic carbocycles. The summed E-state index contributed by atoms with van der Waals surface area (Å²) in [5.74, 6) is 0.451. The van der Waals surface area contributed by atoms with Gasteiger partial charge < -0.3 is 19.5 Å². The van der Waals surface area contributed by atoms with E-state index in [1.807, 2.05) is 42.6 Å². The van der Waals surface area contributed by atoms with E-state index in [0.717, 1.165) is 16.9 Å². The Morgan fingerprint density at radius 1 is 0.900 bits per heavy atom. The zero-order valence-corrected chi connectivity index (χ0v) is 17.7. The molecule has 3 rings (SSSR count). The van der Waals surface area contributed by atoms with Crippen molar-refractivity contribution < 1.29 is 23.8 Å². The second-order valence-electron chi connectivity index (χ2n) is 6.18. The number of thiophene rings is 1. The third kappa shape index (κ3) is 5.39. The maximum absolute atomic E-state index is 12.6. The van der Waals surface area contributed by atoms with Crippen LogP contribution in [-0.4, -0.2) is 31.7 Å². The minimum absolute atomic E-state index is 0.186. The van der Waals surface area contributed by atoms with Crippen molar-refractivity contribution in [1.29, 1.82) is 0 Å². The summed E-state index contributed by atoms with van der Waals surface area (Å²) in [7, 11) is 0. The monoisotopic (exact) mass is 425 g/mol. The number of anilines is 1. The number of rotatable bonds is 9. The van der Waals surface area contributed by atoms with Gasteiger partial charge in [-0.05, 0) is 43.7 Å². The Morgan fingerprint density at radius 2 is 1.57 bits per heavy atom. The predicted molar refractivity (Wildman–Crippen MR) is 117 cm³/mol. The van der Waals surface area contributed by atoms with E-state index in [1.165, 1.54) is 11.3 Å². The fraction of sp³-hybridized carbons (Fsp3) is 0.217. The van der Waals surface area contributed by atoms with Crippen molar-refractivity contribution in [3.05, 3.63) is 65.5 Å². The van der Waals surface area contributed by atoms with Crippen LogP contribution >= 0.6 is 11.3 Å². The van der Waals surface area contributed by atoms with Gasteiger partial charge in [-0.15, -0.1) is 11.3 Å². The highest BCUT2D eigenvalue weighted by atomic mass is 32.1. The van der Waals surface area contributed by atoms with E-state index in [9.17, 15) is 9.59 Å². The molecule has 1 aromatic heterocycles. The average Bonchev–Trinajstić information content (AvgIpc) is 3.18. The molecule has 0 saturated heterocycles. The first-order valence-corrected chi connectivity index (χ1v) is 10.5. The standard InChI is InChI=1S/C23H23NO5S/c1-3-27-17-10-12-18(13-11-17)29-14-20(25)24-22-21(23(26)28-4-2)19(15-30-22)16-8-6-5-7-9-16/h5-13,15H,3-4,14H2,1-2H3,(H,24,25). The highest BCUT2D eigenvalue weighted by molar-refractivity contribution is 7.15. The lowest BCUT2D eigenvalue weighted by atomic mass is 10.0. The molecule has 0 bridgehead atoms. The van der Waals surface area contributed by atoms with Crippen molar-refractivity contribution in [3.63, 3.8) is 0 Å². The SMILES string of the molecule is CCOC(=O)c1c(-c2ccccc2)csc1NC(=O)COc1ccc(OCC)cc1. The summed E-state index contributed by atoms with van der Waals surface area (Å²) in [5.41, 5.74) is 1.95. The largest absolute Gasteiger partial charge is 0.494 e. The molecule has 6 nitrogen and oxygen atoms in total. The first-order chi connectivity index (χ1) is 14.6. The second kappa shape index (κ2) is 10.5. The summed E-state index contributed by atoms with van der Waals surface area (Å²) in [4.78, 5) is 25.0. The molecule has 0 radical (unpaired) electrons. The van der Waals surface area contributed by atoms with Crippen LogP contribution in [0.1, 0.15) is 24.2 Å². The van der Waals surface area contributed by atoms with Crippen LogP contribution in [0.15, 0.2) is 60.0 Å². The third-order valence-corrected chi connectivity index (χ3v) is 5.01. The number of hydrogen-bond acceptors (Lipinski definition) is 6. The Hall–Kier alpha value is -3.32. The molecule has 156 valence electrons. The topological polar surface area (TPSA) is 73.9 Å². The number of hydrogen-bond donors (Lipinski definition) is 1. The fourth-order valence-corrected chi connectivity index (χ4v) is 3.77. The van der Waals surface area contributed by atoms with Gasteiger partial charge in [-0.2, -0.15) is 0 Å². The Balaban J connectivity index is 1.71. The van der Waals surface area contributed by atoms with E-state index < -0.39 is 5.97 Å². The summed E-state index contributed by atoms with van der Waals surface area (Å²) in [6, 6.07) is 16.5. The van der Waals surface area contributed by atoms with Crippen molar-refractivity contribution in [2.45, 2.75) is 13.8 Å². The Labute approximate surface area is 179 Å². The summed E-state index contributed by atoms with van der Waals surface area (Å²) in [6.07, 6.45) is 0. The van der Waals surface area contributed by atoms with Crippen LogP contribution in [0.4, 0.5) is 5.00 Å². The van der Waals surface area contributed by atoms with Gasteiger partial charge in [0, 0.05) is 10.9 Å². The highest BCUT2D eigenvalue weighted by Crippen LogP contribution is 2.36. The summed E-state index contributed by atoms with van der Waals surface area (Å²) >= 11 is 1.28. The average molecular weight is 426 g/mol. The van der Waals surface area contributed by atoms with E-state index in [2.05, 4.69) is 5.32 Å². The number of nitrogens with one attached hydrogen (secondary N) is 1. The van der Waals surface area contributed by atoms with Crippen LogP contribution in [0.25, 0.3) is 11.1 Å². The van der Waals surface area contributed by atoms with E-state index in [1.54, 1.807) is 31.2 Å². The molecular formula is C23H23NO5S. The normalized spacial score (nSPS) is 10.3. The summed E-state index contributed by atoms with van der Waals surface area (Å²) < 4.78 is 16.1. The molecule has 1 amide bonds. The van der Waals surface area contributed by atoms with Gasteiger partial charge in [-0.25, -0.2) is 4.79 Å². The maximum Gasteiger partial charge on any atom is 0.341 e. The van der Waals surface area contributed by atoms with Crippen LogP contribution in [-0.2, 0) is 9.53 Å². The quantitative estimate of drug-likeness (QED) is 0.488. The van der Waals surface area contributed by atoms with E-state index in [0.29, 0.717) is 22.9 Å². The number of amides is 1. The molecular weight excluding hydrogens is 402 g/mol. The molecule has 0 fully saturated rings. The summed E-state index contributed by atoms with van der Waals surface area (Å²) in [6.45, 7) is 4.30. The zero-order valence-electron chi connectivity index (χ0n) is 16.8. The lowest BCUT2D eigenvalue weighted by Gasteiger charge is -2.10. The minimum Gasteiger partial charge on any atom is -0.494 e. The van der Waals surface area contributed by atoms with E-state index >= 15 is 0 Å². The van der Waals surface area contributed by atoms with Gasteiger partial charge in [0.25, 0.3) is 5.91 Å². The van der Waals surface area contributed by atoms with Crippen molar-refractivity contribution >= 4 is 28.2 Å². The lowest BCUT2D eigenvalue weighted by molar-refractivity contribution is -0.118. The highest BCUT2D eigenvalue weighted by Gasteiger charge is 2.22. The maximum atomic E-state index is 12.6. The molecule has 0 spiro atoms. The predicted octanol–water partition coefficient (Wildman–Crippen LogP) is 5.01. The smallest absolute Gasteiger partial charge is 0.341 e. The van der Waals surface area contributed by atoms with Crippen molar-refractivity contribution in [3.8, 4) is 22.6 Å². The number of benzene rings is 2. The van der Waals surface area contributed by atoms with Gasteiger partial charge >= 0.3 is 5.97 Å². The molecule has 7 heteroatoms. The van der Waals surface area contributed by atoms with Crippen LogP contribution in [0.3, 0.4) is 0 Å². The molecule has 1 heterocycles. The van der Waals surface area contributed by atoms with Gasteiger partial charge in [0.05, 0.1) is 13.2 Å². The van der Waals surface area contributed by atoms with Crippen LogP contribution in [0.2, 0.25) is 0 Å². The lowest BCUT2D eigenvalue weighted by Crippen LogP contribution is -2.21. The van der Waals surface area contributed by atoms with Crippen molar-refractivity contribution in [2.75, 3.05) is 25.1 Å². The Morgan fingerprint density at radius 3 is 2.20 bits per heavy atom. The fourth-order valence-electron chi connectivity index (χ4n) is 2.80. The zero-order chi connectivity index (χ0) is 21.3. The molecule has 2 aromatic carbocycles. The molecule has 0 unspecified atom stereocenters. The van der Waals surface area contributed by atoms with E-state index in [4.69, 9.17) is 14.2 Å². The van der Waals surface area contributed by atoms with Crippen LogP contribution in [0.5, 0.6) is 11.5 Å². The van der Waals surface area contributed by atoms with Crippen LogP contribution in [0, 0.1) is 0 Å². The van der Waals surface area contributed by atoms with Gasteiger partial charge in [-0.1, -0.05) is 30.3 Å². The Bertz CT molecular complexity index is 983. The van der Waals surface area contributed by atoms with Crippen molar-refractivity contribution in [2.24, 2.45) is 0 Å². The van der Waals surface area contributed by atoms with Crippen LogP contribution < -0.4 is 14.8 Å². The number of carbonyl (C=O) groups is 2. The molecule has 0 atom stereocenters. The third-order valence-electron chi connectivity index (χ3n) is 4.11. The molecule has 0 aliphatic heterocycles. The first-order valence-electron chi connectivity index (χ1n) is 9.61. The first kappa shape index (κ1) is 21.4. The van der Waals surface area contributed by atoms with Gasteiger partial charge in [0.2, 0.25) is 0 Å². The van der Waals surface area contributed by atoms with Crippen molar-refractivity contribution in [1.82, 2.24) is 0 Å². The second-order valence-corrected chi connectivity index (χ2v) is 7.06. The Kier molecular flexibility index (Phi) is 7.45. The van der Waals surface area contributed by atoms with E-state index in [-0.39, 0.29) is 19.1 Å². The number of carbonyl (C=O) groups excluding carboxylic acids is 2. The minimum atomic E-state index is -0.472. The van der Waals surface area contributed by atoms with Gasteiger partial charge in [-0.3, -0.25) is 4.79 Å². The molecule has 0 aliphatic rings. The molecule has 3 aromatic rings. The molecule has 30 heavy (non-hydrogen) atoms.